The molecule has 2 fully saturated rings. The third-order valence-corrected chi connectivity index (χ3v) is 9.92. The molecule has 2 heterocycles. The molecule has 2 aliphatic heterocycles. The summed E-state index contributed by atoms with van der Waals surface area (Å²) in [5, 5.41) is 18.9. The topological polar surface area (TPSA) is 115 Å². The molecule has 4 atom stereocenters. The fraction of sp³-hybridized carbons (Fsp3) is 0.556. The van der Waals surface area contributed by atoms with Crippen LogP contribution in [0.25, 0.3) is 6.08 Å². The standard InChI is InChI=1S/C27H36N2O6S2/c1-18(24(30)28-14-6-10-21(28)26(32)33)16-36-23(13-12-20-8-4-3-5-9-20)37-17-19(2)25(31)29-15-7-11-22(29)27(34)35/h3-5,8-9,12-13,18-19,21-23H,6-7,10-11,14-17H2,1-2H3,(H,32,33)(H,34,35)/b13-12+. The molecule has 4 unspecified atom stereocenters. The number of hydrogen-bond donors (Lipinski definition) is 2. The molecule has 2 saturated heterocycles. The molecular formula is C27H36N2O6S2. The van der Waals surface area contributed by atoms with Crippen LogP contribution in [0, 0.1) is 11.8 Å². The Morgan fingerprint density at radius 3 is 1.76 bits per heavy atom. The molecule has 10 heteroatoms. The third-order valence-electron chi connectivity index (χ3n) is 6.75. The van der Waals surface area contributed by atoms with Gasteiger partial charge in [-0.15, -0.1) is 23.5 Å². The lowest BCUT2D eigenvalue weighted by atomic mass is 10.1. The number of aliphatic carboxylic acids is 2. The van der Waals surface area contributed by atoms with Crippen molar-refractivity contribution < 1.29 is 29.4 Å². The van der Waals surface area contributed by atoms with Crippen LogP contribution in [-0.4, -0.2) is 85.0 Å². The zero-order valence-corrected chi connectivity index (χ0v) is 23.0. The fourth-order valence-electron chi connectivity index (χ4n) is 4.67. The predicted molar refractivity (Wildman–Crippen MR) is 147 cm³/mol. The van der Waals surface area contributed by atoms with Gasteiger partial charge in [0.15, 0.2) is 0 Å². The predicted octanol–water partition coefficient (Wildman–Crippen LogP) is 3.92. The second-order valence-corrected chi connectivity index (χ2v) is 12.3. The first kappa shape index (κ1) is 29.1. The summed E-state index contributed by atoms with van der Waals surface area (Å²) >= 11 is 3.20. The molecular weight excluding hydrogens is 512 g/mol. The number of benzene rings is 1. The van der Waals surface area contributed by atoms with Crippen molar-refractivity contribution in [3.05, 3.63) is 42.0 Å². The monoisotopic (exact) mass is 548 g/mol. The number of rotatable bonds is 12. The van der Waals surface area contributed by atoms with E-state index in [4.69, 9.17) is 0 Å². The van der Waals surface area contributed by atoms with E-state index in [-0.39, 0.29) is 28.2 Å². The van der Waals surface area contributed by atoms with Crippen molar-refractivity contribution >= 4 is 53.4 Å². The van der Waals surface area contributed by atoms with E-state index in [1.807, 2.05) is 50.3 Å². The molecule has 2 N–H and O–H groups in total. The van der Waals surface area contributed by atoms with Crippen LogP contribution in [0.5, 0.6) is 0 Å². The van der Waals surface area contributed by atoms with Crippen LogP contribution in [-0.2, 0) is 19.2 Å². The minimum atomic E-state index is -0.952. The summed E-state index contributed by atoms with van der Waals surface area (Å²) in [6, 6.07) is 8.38. The summed E-state index contributed by atoms with van der Waals surface area (Å²) in [4.78, 5) is 51.9. The number of carboxylic acids is 2. The SMILES string of the molecule is CC(CSC(/C=C/c1ccccc1)SCC(C)C(=O)N1CCCC1C(=O)O)C(=O)N1CCCC1C(=O)O. The van der Waals surface area contributed by atoms with Gasteiger partial charge in [-0.2, -0.15) is 0 Å². The summed E-state index contributed by atoms with van der Waals surface area (Å²) in [6.45, 7) is 4.62. The maximum atomic E-state index is 13.0. The molecule has 0 aromatic heterocycles. The quantitative estimate of drug-likeness (QED) is 0.378. The number of hydrogen-bond acceptors (Lipinski definition) is 6. The number of thioether (sulfide) groups is 2. The number of amides is 2. The van der Waals surface area contributed by atoms with Crippen molar-refractivity contribution in [2.75, 3.05) is 24.6 Å². The van der Waals surface area contributed by atoms with E-state index in [2.05, 4.69) is 6.08 Å². The molecule has 0 spiro atoms. The first-order valence-electron chi connectivity index (χ1n) is 12.7. The molecule has 0 aliphatic carbocycles. The normalized spacial score (nSPS) is 22.2. The van der Waals surface area contributed by atoms with Gasteiger partial charge in [-0.05, 0) is 31.2 Å². The Bertz CT molecular complexity index is 934. The molecule has 2 amide bonds. The van der Waals surface area contributed by atoms with E-state index >= 15 is 0 Å². The van der Waals surface area contributed by atoms with Crippen LogP contribution in [0.2, 0.25) is 0 Å². The minimum Gasteiger partial charge on any atom is -0.480 e. The lowest BCUT2D eigenvalue weighted by Gasteiger charge is -2.26. The van der Waals surface area contributed by atoms with E-state index in [1.54, 1.807) is 23.5 Å². The van der Waals surface area contributed by atoms with Gasteiger partial charge in [0.1, 0.15) is 12.1 Å². The Labute approximate surface area is 226 Å². The summed E-state index contributed by atoms with van der Waals surface area (Å²) in [6.07, 6.45) is 6.46. The largest absolute Gasteiger partial charge is 0.480 e. The van der Waals surface area contributed by atoms with Gasteiger partial charge in [-0.1, -0.05) is 56.3 Å². The van der Waals surface area contributed by atoms with E-state index in [9.17, 15) is 29.4 Å². The number of carboxylic acid groups (broad SMARTS) is 2. The highest BCUT2D eigenvalue weighted by atomic mass is 32.2. The number of carbonyl (C=O) groups excluding carboxylic acids is 2. The molecule has 0 bridgehead atoms. The van der Waals surface area contributed by atoms with Gasteiger partial charge in [0, 0.05) is 36.4 Å². The maximum absolute atomic E-state index is 13.0. The molecule has 1 aromatic rings. The highest BCUT2D eigenvalue weighted by molar-refractivity contribution is 8.17. The van der Waals surface area contributed by atoms with E-state index < -0.39 is 24.0 Å². The van der Waals surface area contributed by atoms with Crippen molar-refractivity contribution in [2.24, 2.45) is 11.8 Å². The lowest BCUT2D eigenvalue weighted by molar-refractivity contribution is -0.149. The van der Waals surface area contributed by atoms with Gasteiger partial charge in [0.05, 0.1) is 4.58 Å². The van der Waals surface area contributed by atoms with Gasteiger partial charge in [0.25, 0.3) is 0 Å². The first-order chi connectivity index (χ1) is 17.7. The Morgan fingerprint density at radius 2 is 1.32 bits per heavy atom. The van der Waals surface area contributed by atoms with Gasteiger partial charge < -0.3 is 20.0 Å². The Balaban J connectivity index is 1.61. The van der Waals surface area contributed by atoms with Gasteiger partial charge in [-0.3, -0.25) is 9.59 Å². The van der Waals surface area contributed by atoms with Gasteiger partial charge >= 0.3 is 11.9 Å². The van der Waals surface area contributed by atoms with Crippen molar-refractivity contribution in [1.29, 1.82) is 0 Å². The molecule has 0 saturated carbocycles. The lowest BCUT2D eigenvalue weighted by Crippen LogP contribution is -2.43. The Hall–Kier alpha value is -2.46. The smallest absolute Gasteiger partial charge is 0.326 e. The molecule has 3 rings (SSSR count). The van der Waals surface area contributed by atoms with Crippen LogP contribution >= 0.6 is 23.5 Å². The van der Waals surface area contributed by atoms with E-state index in [0.29, 0.717) is 50.3 Å². The Morgan fingerprint density at radius 1 is 0.865 bits per heavy atom. The highest BCUT2D eigenvalue weighted by Crippen LogP contribution is 2.31. The van der Waals surface area contributed by atoms with E-state index in [0.717, 1.165) is 5.56 Å². The zero-order chi connectivity index (χ0) is 26.9. The minimum absolute atomic E-state index is 0.0339. The summed E-state index contributed by atoms with van der Waals surface area (Å²) in [7, 11) is 0. The van der Waals surface area contributed by atoms with Gasteiger partial charge in [0.2, 0.25) is 11.8 Å². The third kappa shape index (κ3) is 8.01. The highest BCUT2D eigenvalue weighted by Gasteiger charge is 2.37. The van der Waals surface area contributed by atoms with Crippen LogP contribution in [0.1, 0.15) is 45.1 Å². The fourth-order valence-corrected chi connectivity index (χ4v) is 7.15. The summed E-state index contributed by atoms with van der Waals surface area (Å²) in [5.41, 5.74) is 1.05. The number of carbonyl (C=O) groups is 4. The van der Waals surface area contributed by atoms with Crippen molar-refractivity contribution in [2.45, 2.75) is 56.2 Å². The molecule has 0 radical (unpaired) electrons. The molecule has 2 aliphatic rings. The molecule has 8 nitrogen and oxygen atoms in total. The van der Waals surface area contributed by atoms with E-state index in [1.165, 1.54) is 9.80 Å². The van der Waals surface area contributed by atoms with Gasteiger partial charge in [-0.25, -0.2) is 9.59 Å². The van der Waals surface area contributed by atoms with Crippen molar-refractivity contribution in [1.82, 2.24) is 9.80 Å². The first-order valence-corrected chi connectivity index (χ1v) is 14.8. The van der Waals surface area contributed by atoms with Crippen LogP contribution in [0.3, 0.4) is 0 Å². The zero-order valence-electron chi connectivity index (χ0n) is 21.3. The molecule has 202 valence electrons. The van der Waals surface area contributed by atoms with Crippen molar-refractivity contribution in [3.63, 3.8) is 0 Å². The van der Waals surface area contributed by atoms with Crippen LogP contribution in [0.4, 0.5) is 0 Å². The summed E-state index contributed by atoms with van der Waals surface area (Å²) < 4.78 is -0.0339. The van der Waals surface area contributed by atoms with Crippen LogP contribution in [0.15, 0.2) is 36.4 Å². The second-order valence-electron chi connectivity index (χ2n) is 9.66. The summed E-state index contributed by atoms with van der Waals surface area (Å²) in [5.74, 6) is -1.80. The second kappa shape index (κ2) is 13.9. The Kier molecular flexibility index (Phi) is 10.9. The van der Waals surface area contributed by atoms with Crippen molar-refractivity contribution in [3.8, 4) is 0 Å². The number of nitrogens with zero attached hydrogens (tertiary/aromatic N) is 2. The molecule has 1 aromatic carbocycles. The maximum Gasteiger partial charge on any atom is 0.326 e. The average molecular weight is 549 g/mol. The van der Waals surface area contributed by atoms with Crippen LogP contribution < -0.4 is 0 Å². The molecule has 37 heavy (non-hydrogen) atoms. The number of likely N-dealkylation sites (tertiary alicyclic amines) is 2. The average Bonchev–Trinajstić information content (AvgIpc) is 3.58.